The van der Waals surface area contributed by atoms with Crippen LogP contribution in [-0.4, -0.2) is 28.4 Å². The molecule has 2 heterocycles. The zero-order valence-electron chi connectivity index (χ0n) is 12.5. The fourth-order valence-corrected chi connectivity index (χ4v) is 3.76. The lowest BCUT2D eigenvalue weighted by Crippen LogP contribution is -2.35. The minimum absolute atomic E-state index is 0.162. The summed E-state index contributed by atoms with van der Waals surface area (Å²) in [6.45, 7) is 5.04. The zero-order chi connectivity index (χ0) is 14.8. The fraction of sp³-hybridized carbons (Fsp3) is 0.412. The van der Waals surface area contributed by atoms with Crippen LogP contribution in [0.15, 0.2) is 29.6 Å². The quantitative estimate of drug-likeness (QED) is 0.853. The molecule has 3 nitrogen and oxygen atoms in total. The number of benzene rings is 1. The fourth-order valence-electron chi connectivity index (χ4n) is 2.97. The van der Waals surface area contributed by atoms with E-state index in [1.807, 2.05) is 41.5 Å². The molecule has 1 unspecified atom stereocenters. The van der Waals surface area contributed by atoms with E-state index in [0.717, 1.165) is 47.6 Å². The van der Waals surface area contributed by atoms with Gasteiger partial charge in [0.2, 0.25) is 0 Å². The lowest BCUT2D eigenvalue weighted by molar-refractivity contribution is 0.0733. The third kappa shape index (κ3) is 2.86. The zero-order valence-corrected chi connectivity index (χ0v) is 13.3. The Balaban J connectivity index is 1.87. The van der Waals surface area contributed by atoms with Crippen LogP contribution in [-0.2, 0) is 0 Å². The van der Waals surface area contributed by atoms with E-state index >= 15 is 0 Å². The maximum Gasteiger partial charge on any atom is 0.254 e. The third-order valence-corrected chi connectivity index (χ3v) is 5.09. The first kappa shape index (κ1) is 14.3. The molecule has 1 aromatic heterocycles. The predicted molar refractivity (Wildman–Crippen MR) is 86.6 cm³/mol. The van der Waals surface area contributed by atoms with Crippen molar-refractivity contribution in [3.05, 3.63) is 40.9 Å². The van der Waals surface area contributed by atoms with Gasteiger partial charge >= 0.3 is 0 Å². The molecule has 0 radical (unpaired) electrons. The summed E-state index contributed by atoms with van der Waals surface area (Å²) in [5.41, 5.74) is 2.84. The van der Waals surface area contributed by atoms with Gasteiger partial charge < -0.3 is 4.90 Å². The number of amides is 1. The molecule has 0 bridgehead atoms. The number of aryl methyl sites for hydroxylation is 1. The molecule has 1 aromatic carbocycles. The summed E-state index contributed by atoms with van der Waals surface area (Å²) in [7, 11) is 0. The molecule has 1 saturated heterocycles. The molecular formula is C17H20N2OS. The Hall–Kier alpha value is -1.68. The number of likely N-dealkylation sites (tertiary alicyclic amines) is 1. The second-order valence-corrected chi connectivity index (χ2v) is 6.44. The number of carbonyl (C=O) groups excluding carboxylic acids is 1. The van der Waals surface area contributed by atoms with Crippen LogP contribution in [0.4, 0.5) is 0 Å². The van der Waals surface area contributed by atoms with Crippen molar-refractivity contribution < 1.29 is 4.79 Å². The van der Waals surface area contributed by atoms with Crippen molar-refractivity contribution in [1.82, 2.24) is 9.88 Å². The largest absolute Gasteiger partial charge is 0.336 e. The Morgan fingerprint density at radius 1 is 1.48 bits per heavy atom. The number of thiazole rings is 1. The second kappa shape index (κ2) is 5.98. The van der Waals surface area contributed by atoms with Crippen LogP contribution in [0.5, 0.6) is 0 Å². The highest BCUT2D eigenvalue weighted by atomic mass is 32.1. The minimum Gasteiger partial charge on any atom is -0.336 e. The molecular weight excluding hydrogens is 280 g/mol. The first-order valence-corrected chi connectivity index (χ1v) is 8.40. The maximum atomic E-state index is 12.7. The first-order valence-electron chi connectivity index (χ1n) is 7.52. The van der Waals surface area contributed by atoms with Crippen molar-refractivity contribution >= 4 is 17.2 Å². The van der Waals surface area contributed by atoms with Crippen molar-refractivity contribution in [3.8, 4) is 10.6 Å². The van der Waals surface area contributed by atoms with Crippen LogP contribution >= 0.6 is 11.3 Å². The van der Waals surface area contributed by atoms with E-state index in [2.05, 4.69) is 11.9 Å². The van der Waals surface area contributed by atoms with E-state index in [1.54, 1.807) is 11.3 Å². The number of hydrogen-bond acceptors (Lipinski definition) is 3. The first-order chi connectivity index (χ1) is 10.2. The van der Waals surface area contributed by atoms with Gasteiger partial charge in [-0.1, -0.05) is 19.1 Å². The van der Waals surface area contributed by atoms with Gasteiger partial charge in [-0.3, -0.25) is 4.79 Å². The molecule has 1 aliphatic rings. The van der Waals surface area contributed by atoms with E-state index < -0.39 is 0 Å². The average Bonchev–Trinajstić information content (AvgIpc) is 3.15. The topological polar surface area (TPSA) is 33.2 Å². The van der Waals surface area contributed by atoms with E-state index in [-0.39, 0.29) is 5.91 Å². The number of hydrogen-bond donors (Lipinski definition) is 0. The van der Waals surface area contributed by atoms with Crippen LogP contribution in [0.2, 0.25) is 0 Å². The Morgan fingerprint density at radius 3 is 3.05 bits per heavy atom. The monoisotopic (exact) mass is 300 g/mol. The van der Waals surface area contributed by atoms with Crippen LogP contribution in [0.1, 0.15) is 42.2 Å². The van der Waals surface area contributed by atoms with Crippen LogP contribution in [0.3, 0.4) is 0 Å². The minimum atomic E-state index is 0.162. The molecule has 1 atom stereocenters. The molecule has 0 saturated carbocycles. The highest BCUT2D eigenvalue weighted by Crippen LogP contribution is 2.27. The van der Waals surface area contributed by atoms with Crippen LogP contribution in [0.25, 0.3) is 10.6 Å². The van der Waals surface area contributed by atoms with Gasteiger partial charge in [-0.25, -0.2) is 4.98 Å². The van der Waals surface area contributed by atoms with Crippen LogP contribution < -0.4 is 0 Å². The number of aromatic nitrogens is 1. The van der Waals surface area contributed by atoms with Gasteiger partial charge in [0, 0.05) is 34.8 Å². The van der Waals surface area contributed by atoms with Gasteiger partial charge in [0.15, 0.2) is 0 Å². The van der Waals surface area contributed by atoms with Gasteiger partial charge in [0.05, 0.1) is 0 Å². The molecule has 0 spiro atoms. The summed E-state index contributed by atoms with van der Waals surface area (Å²) in [5, 5.41) is 3.02. The summed E-state index contributed by atoms with van der Waals surface area (Å²) < 4.78 is 0. The van der Waals surface area contributed by atoms with E-state index in [1.165, 1.54) is 0 Å². The Bertz CT molecular complexity index is 650. The number of carbonyl (C=O) groups is 1. The summed E-state index contributed by atoms with van der Waals surface area (Å²) in [6, 6.07) is 8.28. The Morgan fingerprint density at radius 2 is 2.33 bits per heavy atom. The molecule has 21 heavy (non-hydrogen) atoms. The van der Waals surface area contributed by atoms with Crippen molar-refractivity contribution in [2.45, 2.75) is 39.2 Å². The van der Waals surface area contributed by atoms with Crippen molar-refractivity contribution in [3.63, 3.8) is 0 Å². The molecule has 2 aromatic rings. The average molecular weight is 300 g/mol. The second-order valence-electron chi connectivity index (χ2n) is 5.58. The lowest BCUT2D eigenvalue weighted by Gasteiger charge is -2.23. The summed E-state index contributed by atoms with van der Waals surface area (Å²) in [6.07, 6.45) is 3.29. The molecule has 1 aliphatic heterocycles. The van der Waals surface area contributed by atoms with Crippen molar-refractivity contribution in [2.24, 2.45) is 0 Å². The summed E-state index contributed by atoms with van der Waals surface area (Å²) >= 11 is 1.62. The van der Waals surface area contributed by atoms with Crippen molar-refractivity contribution in [2.75, 3.05) is 6.54 Å². The predicted octanol–water partition coefficient (Wildman–Crippen LogP) is 4.13. The smallest absolute Gasteiger partial charge is 0.254 e. The van der Waals surface area contributed by atoms with E-state index in [0.29, 0.717) is 6.04 Å². The van der Waals surface area contributed by atoms with Gasteiger partial charge in [0.1, 0.15) is 5.01 Å². The summed E-state index contributed by atoms with van der Waals surface area (Å²) in [5.74, 6) is 0.162. The Labute approximate surface area is 129 Å². The molecule has 1 fully saturated rings. The molecule has 0 aliphatic carbocycles. The molecule has 110 valence electrons. The highest BCUT2D eigenvalue weighted by molar-refractivity contribution is 7.13. The standard InChI is InChI=1S/C17H20N2OS/c1-3-15-8-5-9-19(15)17(20)14-7-4-6-13(10-14)16-18-12(2)11-21-16/h4,6-7,10-11,15H,3,5,8-9H2,1-2H3. The SMILES string of the molecule is CCC1CCCN1C(=O)c1cccc(-c2nc(C)cs2)c1. The van der Waals surface area contributed by atoms with Crippen molar-refractivity contribution in [1.29, 1.82) is 0 Å². The normalized spacial score (nSPS) is 18.2. The molecule has 4 heteroatoms. The number of rotatable bonds is 3. The van der Waals surface area contributed by atoms with Crippen LogP contribution in [0, 0.1) is 6.92 Å². The maximum absolute atomic E-state index is 12.7. The molecule has 1 amide bonds. The van der Waals surface area contributed by atoms with E-state index in [4.69, 9.17) is 0 Å². The molecule has 0 N–H and O–H groups in total. The van der Waals surface area contributed by atoms with Gasteiger partial charge in [0.25, 0.3) is 5.91 Å². The van der Waals surface area contributed by atoms with E-state index in [9.17, 15) is 4.79 Å². The van der Waals surface area contributed by atoms with Gasteiger partial charge in [-0.2, -0.15) is 0 Å². The lowest BCUT2D eigenvalue weighted by atomic mass is 10.1. The van der Waals surface area contributed by atoms with Gasteiger partial charge in [-0.15, -0.1) is 11.3 Å². The number of nitrogens with zero attached hydrogens (tertiary/aromatic N) is 2. The Kier molecular flexibility index (Phi) is 4.06. The highest BCUT2D eigenvalue weighted by Gasteiger charge is 2.28. The summed E-state index contributed by atoms with van der Waals surface area (Å²) in [4.78, 5) is 19.3. The molecule has 3 rings (SSSR count). The third-order valence-electron chi connectivity index (χ3n) is 4.08. The van der Waals surface area contributed by atoms with Gasteiger partial charge in [-0.05, 0) is 38.3 Å².